The van der Waals surface area contributed by atoms with E-state index in [9.17, 15) is 5.11 Å². The minimum absolute atomic E-state index is 0.743. The number of fused-ring (bicyclic) bond motifs is 3. The van der Waals surface area contributed by atoms with Crippen molar-refractivity contribution in [3.8, 4) is 16.9 Å². The summed E-state index contributed by atoms with van der Waals surface area (Å²) in [7, 11) is 1.64. The van der Waals surface area contributed by atoms with Crippen LogP contribution in [-0.2, 0) is 5.60 Å². The smallest absolute Gasteiger partial charge is 0.141 e. The predicted octanol–water partition coefficient (Wildman–Crippen LogP) is 3.96. The highest BCUT2D eigenvalue weighted by Gasteiger charge is 2.42. The number of rotatable bonds is 2. The lowest BCUT2D eigenvalue weighted by Crippen LogP contribution is -2.26. The zero-order chi connectivity index (χ0) is 15.2. The SMILES string of the molecule is COc1cccc(C2(O)c3ccccc3-c3ccccc32)c1. The van der Waals surface area contributed by atoms with Crippen LogP contribution in [0.1, 0.15) is 16.7 Å². The van der Waals surface area contributed by atoms with Crippen LogP contribution in [-0.4, -0.2) is 12.2 Å². The lowest BCUT2D eigenvalue weighted by Gasteiger charge is -2.26. The van der Waals surface area contributed by atoms with E-state index < -0.39 is 5.60 Å². The Morgan fingerprint density at radius 1 is 0.773 bits per heavy atom. The van der Waals surface area contributed by atoms with Crippen LogP contribution in [0.5, 0.6) is 5.75 Å². The van der Waals surface area contributed by atoms with E-state index in [-0.39, 0.29) is 0 Å². The lowest BCUT2D eigenvalue weighted by molar-refractivity contribution is 0.130. The van der Waals surface area contributed by atoms with Gasteiger partial charge in [0.15, 0.2) is 0 Å². The van der Waals surface area contributed by atoms with Gasteiger partial charge in [-0.25, -0.2) is 0 Å². The maximum absolute atomic E-state index is 11.6. The van der Waals surface area contributed by atoms with Crippen molar-refractivity contribution >= 4 is 0 Å². The molecule has 0 saturated carbocycles. The molecule has 108 valence electrons. The van der Waals surface area contributed by atoms with Gasteiger partial charge >= 0.3 is 0 Å². The van der Waals surface area contributed by atoms with Gasteiger partial charge in [0.1, 0.15) is 11.4 Å². The average Bonchev–Trinajstić information content (AvgIpc) is 2.86. The molecule has 0 amide bonds. The van der Waals surface area contributed by atoms with E-state index in [1.54, 1.807) is 7.11 Å². The minimum atomic E-state index is -1.14. The van der Waals surface area contributed by atoms with Crippen LogP contribution in [0, 0.1) is 0 Å². The molecule has 1 N–H and O–H groups in total. The predicted molar refractivity (Wildman–Crippen MR) is 87.0 cm³/mol. The van der Waals surface area contributed by atoms with Gasteiger partial charge in [-0.1, -0.05) is 60.7 Å². The summed E-state index contributed by atoms with van der Waals surface area (Å²) >= 11 is 0. The molecule has 3 aromatic carbocycles. The Bertz CT molecular complexity index is 806. The topological polar surface area (TPSA) is 29.5 Å². The Morgan fingerprint density at radius 3 is 1.95 bits per heavy atom. The highest BCUT2D eigenvalue weighted by molar-refractivity contribution is 5.82. The average molecular weight is 288 g/mol. The molecule has 2 nitrogen and oxygen atoms in total. The molecule has 2 heteroatoms. The van der Waals surface area contributed by atoms with E-state index in [2.05, 4.69) is 12.1 Å². The first-order valence-corrected chi connectivity index (χ1v) is 7.31. The monoisotopic (exact) mass is 288 g/mol. The Hall–Kier alpha value is -2.58. The van der Waals surface area contributed by atoms with Crippen molar-refractivity contribution < 1.29 is 9.84 Å². The zero-order valence-corrected chi connectivity index (χ0v) is 12.3. The van der Waals surface area contributed by atoms with E-state index in [0.29, 0.717) is 0 Å². The molecule has 1 aliphatic rings. The minimum Gasteiger partial charge on any atom is -0.497 e. The summed E-state index contributed by atoms with van der Waals surface area (Å²) in [5.74, 6) is 0.743. The fraction of sp³-hybridized carbons (Fsp3) is 0.100. The Labute approximate surface area is 129 Å². The molecule has 0 bridgehead atoms. The van der Waals surface area contributed by atoms with Gasteiger partial charge in [-0.2, -0.15) is 0 Å². The van der Waals surface area contributed by atoms with E-state index in [4.69, 9.17) is 4.74 Å². The van der Waals surface area contributed by atoms with Crippen LogP contribution in [0.2, 0.25) is 0 Å². The van der Waals surface area contributed by atoms with Crippen LogP contribution < -0.4 is 4.74 Å². The fourth-order valence-electron chi connectivity index (χ4n) is 3.37. The Balaban J connectivity index is 2.04. The van der Waals surface area contributed by atoms with E-state index in [0.717, 1.165) is 33.6 Å². The quantitative estimate of drug-likeness (QED) is 0.773. The van der Waals surface area contributed by atoms with Gasteiger partial charge in [-0.3, -0.25) is 0 Å². The van der Waals surface area contributed by atoms with Gasteiger partial charge in [0, 0.05) is 11.1 Å². The van der Waals surface area contributed by atoms with E-state index in [1.807, 2.05) is 60.7 Å². The molecule has 0 radical (unpaired) electrons. The molecule has 0 unspecified atom stereocenters. The third-order valence-corrected chi connectivity index (χ3v) is 4.41. The maximum atomic E-state index is 11.6. The second-order valence-electron chi connectivity index (χ2n) is 5.53. The third kappa shape index (κ3) is 1.65. The molecule has 0 aromatic heterocycles. The first-order valence-electron chi connectivity index (χ1n) is 7.31. The number of methoxy groups -OCH3 is 1. The van der Waals surface area contributed by atoms with Gasteiger partial charge in [0.25, 0.3) is 0 Å². The first-order chi connectivity index (χ1) is 10.7. The summed E-state index contributed by atoms with van der Waals surface area (Å²) in [4.78, 5) is 0. The zero-order valence-electron chi connectivity index (χ0n) is 12.3. The molecule has 22 heavy (non-hydrogen) atoms. The highest BCUT2D eigenvalue weighted by Crippen LogP contribution is 2.50. The molecular weight excluding hydrogens is 272 g/mol. The van der Waals surface area contributed by atoms with Crippen LogP contribution in [0.4, 0.5) is 0 Å². The van der Waals surface area contributed by atoms with E-state index >= 15 is 0 Å². The molecular formula is C20H16O2. The lowest BCUT2D eigenvalue weighted by atomic mass is 9.84. The van der Waals surface area contributed by atoms with Crippen molar-refractivity contribution in [3.05, 3.63) is 89.5 Å². The normalized spacial score (nSPS) is 14.3. The second kappa shape index (κ2) is 4.72. The van der Waals surface area contributed by atoms with Crippen LogP contribution in [0.3, 0.4) is 0 Å². The summed E-state index contributed by atoms with van der Waals surface area (Å²) in [6.45, 7) is 0. The number of ether oxygens (including phenoxy) is 1. The van der Waals surface area contributed by atoms with Crippen molar-refractivity contribution in [2.45, 2.75) is 5.60 Å². The summed E-state index contributed by atoms with van der Waals surface area (Å²) in [5.41, 5.74) is 3.70. The van der Waals surface area contributed by atoms with Crippen molar-refractivity contribution in [1.82, 2.24) is 0 Å². The number of hydrogen-bond donors (Lipinski definition) is 1. The molecule has 0 atom stereocenters. The highest BCUT2D eigenvalue weighted by atomic mass is 16.5. The van der Waals surface area contributed by atoms with Crippen LogP contribution in [0.25, 0.3) is 11.1 Å². The van der Waals surface area contributed by atoms with Crippen molar-refractivity contribution in [2.75, 3.05) is 7.11 Å². The summed E-state index contributed by atoms with van der Waals surface area (Å²) in [6, 6.07) is 23.7. The first kappa shape index (κ1) is 13.1. The van der Waals surface area contributed by atoms with Crippen molar-refractivity contribution in [1.29, 1.82) is 0 Å². The van der Waals surface area contributed by atoms with Gasteiger partial charge < -0.3 is 9.84 Å². The molecule has 4 rings (SSSR count). The molecule has 0 aliphatic heterocycles. The summed E-state index contributed by atoms with van der Waals surface area (Å²) < 4.78 is 5.32. The second-order valence-corrected chi connectivity index (χ2v) is 5.53. The Kier molecular flexibility index (Phi) is 2.81. The molecule has 3 aromatic rings. The van der Waals surface area contributed by atoms with Crippen molar-refractivity contribution in [2.24, 2.45) is 0 Å². The third-order valence-electron chi connectivity index (χ3n) is 4.41. The van der Waals surface area contributed by atoms with Gasteiger partial charge in [0.2, 0.25) is 0 Å². The van der Waals surface area contributed by atoms with Crippen LogP contribution in [0.15, 0.2) is 72.8 Å². The largest absolute Gasteiger partial charge is 0.497 e. The summed E-state index contributed by atoms with van der Waals surface area (Å²) in [5, 5.41) is 11.6. The molecule has 0 spiro atoms. The fourth-order valence-corrected chi connectivity index (χ4v) is 3.37. The summed E-state index contributed by atoms with van der Waals surface area (Å²) in [6.07, 6.45) is 0. The van der Waals surface area contributed by atoms with Crippen LogP contribution >= 0.6 is 0 Å². The standard InChI is InChI=1S/C20H16O2/c1-22-15-8-6-7-14(13-15)20(21)18-11-4-2-9-16(18)17-10-3-5-12-19(17)20/h2-13,21H,1H3. The molecule has 0 heterocycles. The van der Waals surface area contributed by atoms with E-state index in [1.165, 1.54) is 0 Å². The van der Waals surface area contributed by atoms with Gasteiger partial charge in [-0.15, -0.1) is 0 Å². The van der Waals surface area contributed by atoms with Crippen molar-refractivity contribution in [3.63, 3.8) is 0 Å². The number of benzene rings is 3. The maximum Gasteiger partial charge on any atom is 0.141 e. The van der Waals surface area contributed by atoms with Gasteiger partial charge in [-0.05, 0) is 28.8 Å². The Morgan fingerprint density at radius 2 is 1.36 bits per heavy atom. The van der Waals surface area contributed by atoms with Gasteiger partial charge in [0.05, 0.1) is 7.11 Å². The number of aliphatic hydroxyl groups is 1. The molecule has 0 saturated heterocycles. The number of hydrogen-bond acceptors (Lipinski definition) is 2. The molecule has 1 aliphatic carbocycles. The molecule has 0 fully saturated rings.